The molecule has 0 aromatic carbocycles. The molecule has 2 rings (SSSR count). The molecule has 102 valence electrons. The SMILES string of the molecule is COC(C)c1nsc(N2CCCC(C)C2CN)n1. The van der Waals surface area contributed by atoms with Crippen molar-refractivity contribution in [2.45, 2.75) is 38.8 Å². The Morgan fingerprint density at radius 2 is 2.39 bits per heavy atom. The van der Waals surface area contributed by atoms with Crippen molar-refractivity contribution in [2.75, 3.05) is 25.1 Å². The van der Waals surface area contributed by atoms with E-state index in [-0.39, 0.29) is 6.10 Å². The largest absolute Gasteiger partial charge is 0.374 e. The number of hydrogen-bond donors (Lipinski definition) is 1. The van der Waals surface area contributed by atoms with Gasteiger partial charge in [0.2, 0.25) is 5.13 Å². The van der Waals surface area contributed by atoms with Crippen molar-refractivity contribution in [3.05, 3.63) is 5.82 Å². The van der Waals surface area contributed by atoms with Gasteiger partial charge < -0.3 is 15.4 Å². The van der Waals surface area contributed by atoms with Crippen molar-refractivity contribution in [3.63, 3.8) is 0 Å². The molecule has 1 saturated heterocycles. The zero-order valence-corrected chi connectivity index (χ0v) is 12.1. The lowest BCUT2D eigenvalue weighted by molar-refractivity contribution is 0.113. The second kappa shape index (κ2) is 5.95. The molecule has 3 atom stereocenters. The summed E-state index contributed by atoms with van der Waals surface area (Å²) < 4.78 is 9.63. The van der Waals surface area contributed by atoms with Crippen LogP contribution >= 0.6 is 11.5 Å². The first-order valence-electron chi connectivity index (χ1n) is 6.50. The first-order valence-corrected chi connectivity index (χ1v) is 7.27. The quantitative estimate of drug-likeness (QED) is 0.904. The van der Waals surface area contributed by atoms with Crippen molar-refractivity contribution in [1.82, 2.24) is 9.36 Å². The summed E-state index contributed by atoms with van der Waals surface area (Å²) in [5.74, 6) is 1.39. The Labute approximate surface area is 113 Å². The van der Waals surface area contributed by atoms with Gasteiger partial charge in [-0.25, -0.2) is 4.98 Å². The highest BCUT2D eigenvalue weighted by atomic mass is 32.1. The van der Waals surface area contributed by atoms with Crippen LogP contribution in [0.2, 0.25) is 0 Å². The number of aromatic nitrogens is 2. The molecule has 1 aliphatic heterocycles. The standard InChI is InChI=1S/C12H22N4OS/c1-8-5-4-6-16(10(8)7-13)12-14-11(15-18-12)9(2)17-3/h8-10H,4-7,13H2,1-3H3. The number of ether oxygens (including phenoxy) is 1. The molecule has 2 N–H and O–H groups in total. The third-order valence-corrected chi connectivity index (χ3v) is 4.52. The summed E-state index contributed by atoms with van der Waals surface area (Å²) in [5.41, 5.74) is 5.90. The summed E-state index contributed by atoms with van der Waals surface area (Å²) in [6.07, 6.45) is 2.40. The molecule has 1 aromatic heterocycles. The molecule has 0 saturated carbocycles. The lowest BCUT2D eigenvalue weighted by Gasteiger charge is -2.39. The molecular formula is C12H22N4OS. The number of methoxy groups -OCH3 is 1. The van der Waals surface area contributed by atoms with Crippen LogP contribution in [0.5, 0.6) is 0 Å². The van der Waals surface area contributed by atoms with Crippen LogP contribution in [0.3, 0.4) is 0 Å². The van der Waals surface area contributed by atoms with Gasteiger partial charge >= 0.3 is 0 Å². The van der Waals surface area contributed by atoms with Gasteiger partial charge in [-0.2, -0.15) is 4.37 Å². The van der Waals surface area contributed by atoms with Gasteiger partial charge in [0.15, 0.2) is 5.82 Å². The predicted molar refractivity (Wildman–Crippen MR) is 73.9 cm³/mol. The average molecular weight is 270 g/mol. The third kappa shape index (κ3) is 2.65. The average Bonchev–Trinajstić information content (AvgIpc) is 2.87. The molecule has 2 heterocycles. The minimum absolute atomic E-state index is 0.0476. The monoisotopic (exact) mass is 270 g/mol. The highest BCUT2D eigenvalue weighted by Gasteiger charge is 2.29. The van der Waals surface area contributed by atoms with Gasteiger partial charge in [0, 0.05) is 37.8 Å². The zero-order chi connectivity index (χ0) is 13.1. The molecule has 0 spiro atoms. The summed E-state index contributed by atoms with van der Waals surface area (Å²) in [6.45, 7) is 5.94. The van der Waals surface area contributed by atoms with Crippen LogP contribution in [0.25, 0.3) is 0 Å². The number of nitrogens with zero attached hydrogens (tertiary/aromatic N) is 3. The van der Waals surface area contributed by atoms with Gasteiger partial charge in [0.25, 0.3) is 0 Å². The molecule has 1 aliphatic rings. The van der Waals surface area contributed by atoms with E-state index in [4.69, 9.17) is 10.5 Å². The van der Waals surface area contributed by atoms with E-state index >= 15 is 0 Å². The third-order valence-electron chi connectivity index (χ3n) is 3.75. The van der Waals surface area contributed by atoms with E-state index in [1.807, 2.05) is 6.92 Å². The summed E-state index contributed by atoms with van der Waals surface area (Å²) in [4.78, 5) is 6.91. The van der Waals surface area contributed by atoms with Gasteiger partial charge in [0.1, 0.15) is 6.10 Å². The van der Waals surface area contributed by atoms with E-state index in [0.29, 0.717) is 18.5 Å². The van der Waals surface area contributed by atoms with Crippen LogP contribution in [0.15, 0.2) is 0 Å². The number of rotatable bonds is 4. The van der Waals surface area contributed by atoms with E-state index in [2.05, 4.69) is 21.2 Å². The molecule has 5 nitrogen and oxygen atoms in total. The lowest BCUT2D eigenvalue weighted by Crippen LogP contribution is -2.48. The Morgan fingerprint density at radius 1 is 1.61 bits per heavy atom. The molecule has 0 radical (unpaired) electrons. The fourth-order valence-corrected chi connectivity index (χ4v) is 3.29. The van der Waals surface area contributed by atoms with Crippen LogP contribution in [0.4, 0.5) is 5.13 Å². The zero-order valence-electron chi connectivity index (χ0n) is 11.3. The van der Waals surface area contributed by atoms with Crippen LogP contribution in [-0.2, 0) is 4.74 Å². The molecule has 0 bridgehead atoms. The summed E-state index contributed by atoms with van der Waals surface area (Å²) in [5, 5.41) is 0.982. The molecule has 18 heavy (non-hydrogen) atoms. The minimum atomic E-state index is -0.0476. The Kier molecular flexibility index (Phi) is 4.53. The minimum Gasteiger partial charge on any atom is -0.374 e. The number of nitrogens with two attached hydrogens (primary N) is 1. The first kappa shape index (κ1) is 13.7. The number of piperidine rings is 1. The Hall–Kier alpha value is -0.720. The Morgan fingerprint density at radius 3 is 3.06 bits per heavy atom. The van der Waals surface area contributed by atoms with Crippen LogP contribution in [0, 0.1) is 5.92 Å². The van der Waals surface area contributed by atoms with E-state index in [9.17, 15) is 0 Å². The maximum atomic E-state index is 5.90. The molecule has 3 unspecified atom stereocenters. The van der Waals surface area contributed by atoms with Crippen molar-refractivity contribution in [1.29, 1.82) is 0 Å². The number of hydrogen-bond acceptors (Lipinski definition) is 6. The van der Waals surface area contributed by atoms with E-state index in [1.165, 1.54) is 24.4 Å². The maximum absolute atomic E-state index is 5.90. The molecule has 1 aromatic rings. The highest BCUT2D eigenvalue weighted by Crippen LogP contribution is 2.30. The Bertz CT molecular complexity index is 384. The second-order valence-corrected chi connectivity index (χ2v) is 5.66. The topological polar surface area (TPSA) is 64.3 Å². The van der Waals surface area contributed by atoms with Crippen molar-refractivity contribution in [2.24, 2.45) is 11.7 Å². The molecule has 0 aliphatic carbocycles. The molecule has 0 amide bonds. The van der Waals surface area contributed by atoms with Gasteiger partial charge in [-0.15, -0.1) is 0 Å². The second-order valence-electron chi connectivity index (χ2n) is 4.93. The van der Waals surface area contributed by atoms with Crippen LogP contribution in [0.1, 0.15) is 38.6 Å². The smallest absolute Gasteiger partial charge is 0.205 e. The molecule has 6 heteroatoms. The van der Waals surface area contributed by atoms with Crippen molar-refractivity contribution in [3.8, 4) is 0 Å². The van der Waals surface area contributed by atoms with E-state index < -0.39 is 0 Å². The lowest BCUT2D eigenvalue weighted by atomic mass is 9.91. The van der Waals surface area contributed by atoms with E-state index in [1.54, 1.807) is 7.11 Å². The normalized spacial score (nSPS) is 26.3. The van der Waals surface area contributed by atoms with Gasteiger partial charge in [0.05, 0.1) is 0 Å². The number of anilines is 1. The van der Waals surface area contributed by atoms with Crippen molar-refractivity contribution < 1.29 is 4.74 Å². The first-order chi connectivity index (χ1) is 8.67. The molecular weight excluding hydrogens is 248 g/mol. The highest BCUT2D eigenvalue weighted by molar-refractivity contribution is 7.09. The van der Waals surface area contributed by atoms with Gasteiger partial charge in [-0.05, 0) is 25.7 Å². The molecule has 1 fully saturated rings. The van der Waals surface area contributed by atoms with Crippen LogP contribution in [-0.4, -0.2) is 35.6 Å². The van der Waals surface area contributed by atoms with Gasteiger partial charge in [-0.3, -0.25) is 0 Å². The van der Waals surface area contributed by atoms with E-state index in [0.717, 1.165) is 17.5 Å². The van der Waals surface area contributed by atoms with Crippen molar-refractivity contribution >= 4 is 16.7 Å². The predicted octanol–water partition coefficient (Wildman–Crippen LogP) is 1.81. The Balaban J connectivity index is 2.16. The fourth-order valence-electron chi connectivity index (χ4n) is 2.46. The summed E-state index contributed by atoms with van der Waals surface area (Å²) in [6, 6.07) is 0.386. The fraction of sp³-hybridized carbons (Fsp3) is 0.833. The summed E-state index contributed by atoms with van der Waals surface area (Å²) in [7, 11) is 1.68. The summed E-state index contributed by atoms with van der Waals surface area (Å²) >= 11 is 1.45. The maximum Gasteiger partial charge on any atom is 0.205 e. The van der Waals surface area contributed by atoms with Gasteiger partial charge in [-0.1, -0.05) is 6.92 Å². The van der Waals surface area contributed by atoms with Crippen LogP contribution < -0.4 is 10.6 Å².